The number of hydrogen-bond acceptors (Lipinski definition) is 5. The fraction of sp³-hybridized carbons (Fsp3) is 0.621. The van der Waals surface area contributed by atoms with Gasteiger partial charge in [0.05, 0.1) is 24.5 Å². The van der Waals surface area contributed by atoms with Crippen LogP contribution in [0.2, 0.25) is 0 Å². The van der Waals surface area contributed by atoms with Crippen LogP contribution in [0.4, 0.5) is 5.69 Å². The van der Waals surface area contributed by atoms with Crippen molar-refractivity contribution in [3.8, 4) is 0 Å². The van der Waals surface area contributed by atoms with Gasteiger partial charge in [0, 0.05) is 25.4 Å². The molecule has 0 radical (unpaired) electrons. The lowest BCUT2D eigenvalue weighted by atomic mass is 9.73. The zero-order valence-electron chi connectivity index (χ0n) is 22.5. The highest BCUT2D eigenvalue weighted by molar-refractivity contribution is 6.02. The number of rotatable bonds is 7. The van der Waals surface area contributed by atoms with Crippen LogP contribution in [0.1, 0.15) is 44.2 Å². The van der Waals surface area contributed by atoms with E-state index >= 15 is 0 Å². The lowest BCUT2D eigenvalue weighted by molar-refractivity contribution is -0.142. The number of hydrogen-bond donors (Lipinski definition) is 2. The van der Waals surface area contributed by atoms with Crippen molar-refractivity contribution >= 4 is 23.4 Å². The molecule has 0 unspecified atom stereocenters. The lowest BCUT2D eigenvalue weighted by Gasteiger charge is -2.38. The standard InChI is InChI=1S/C29H39N3O5/c1-16-9-10-20(15-18(16)3)30-26(33)23-22-11-12-29(37-22)24(23)28(35)32(13-14-36-5)25(29)27(34)31-21-8-6-7-17(2)19(21)4/h9-12,15,17,19,21-25H,6-8,13-14H2,1-5H3,(H,30,33)(H,31,34)/t17-,19-,21+,22+,23+,24+,25-,29-/m0/s1. The van der Waals surface area contributed by atoms with Gasteiger partial charge in [0.25, 0.3) is 0 Å². The van der Waals surface area contributed by atoms with E-state index in [1.165, 1.54) is 0 Å². The minimum Gasteiger partial charge on any atom is -0.383 e. The van der Waals surface area contributed by atoms with Crippen LogP contribution in [0, 0.1) is 37.5 Å². The van der Waals surface area contributed by atoms with Gasteiger partial charge >= 0.3 is 0 Å². The van der Waals surface area contributed by atoms with E-state index in [2.05, 4.69) is 24.5 Å². The van der Waals surface area contributed by atoms with Gasteiger partial charge < -0.3 is 25.0 Å². The number of nitrogens with one attached hydrogen (secondary N) is 2. The average Bonchev–Trinajstić information content (AvgIpc) is 3.50. The van der Waals surface area contributed by atoms with Crippen molar-refractivity contribution in [2.75, 3.05) is 25.6 Å². The molecule has 4 aliphatic rings. The number of aryl methyl sites for hydroxylation is 2. The van der Waals surface area contributed by atoms with Crippen LogP contribution < -0.4 is 10.6 Å². The summed E-state index contributed by atoms with van der Waals surface area (Å²) < 4.78 is 11.7. The summed E-state index contributed by atoms with van der Waals surface area (Å²) in [7, 11) is 1.57. The minimum atomic E-state index is -1.16. The van der Waals surface area contributed by atoms with Crippen molar-refractivity contribution in [1.82, 2.24) is 10.2 Å². The van der Waals surface area contributed by atoms with E-state index < -0.39 is 29.6 Å². The molecule has 1 aromatic rings. The number of likely N-dealkylation sites (tertiary alicyclic amines) is 1. The van der Waals surface area contributed by atoms with Crippen molar-refractivity contribution in [3.05, 3.63) is 41.5 Å². The Hall–Kier alpha value is -2.71. The van der Waals surface area contributed by atoms with Gasteiger partial charge in [-0.3, -0.25) is 14.4 Å². The first kappa shape index (κ1) is 25.9. The molecule has 2 N–H and O–H groups in total. The van der Waals surface area contributed by atoms with Crippen molar-refractivity contribution in [2.24, 2.45) is 23.7 Å². The maximum absolute atomic E-state index is 13.9. The predicted octanol–water partition coefficient (Wildman–Crippen LogP) is 2.98. The molecule has 1 saturated carbocycles. The third kappa shape index (κ3) is 4.28. The SMILES string of the molecule is COCCN1C(=O)[C@H]2[C@H](C(=O)Nc3ccc(C)c(C)c3)[C@H]3C=C[C@@]2(O3)[C@@H]1C(=O)N[C@@H]1CCC[C@H](C)[C@@H]1C. The second-order valence-corrected chi connectivity index (χ2v) is 11.4. The summed E-state index contributed by atoms with van der Waals surface area (Å²) in [4.78, 5) is 42.9. The van der Waals surface area contributed by atoms with E-state index in [-0.39, 0.29) is 30.3 Å². The molecular formula is C29H39N3O5. The van der Waals surface area contributed by atoms with Gasteiger partial charge in [0.15, 0.2) is 0 Å². The highest BCUT2D eigenvalue weighted by Crippen LogP contribution is 2.55. The Morgan fingerprint density at radius 1 is 1.16 bits per heavy atom. The number of nitrogens with zero attached hydrogens (tertiary/aromatic N) is 1. The molecule has 3 aliphatic heterocycles. The molecule has 1 spiro atoms. The summed E-state index contributed by atoms with van der Waals surface area (Å²) in [6, 6.07) is 4.97. The minimum absolute atomic E-state index is 0.0533. The largest absolute Gasteiger partial charge is 0.383 e. The van der Waals surface area contributed by atoms with E-state index in [0.717, 1.165) is 30.4 Å². The Balaban J connectivity index is 1.42. The van der Waals surface area contributed by atoms with Crippen LogP contribution in [0.3, 0.4) is 0 Å². The summed E-state index contributed by atoms with van der Waals surface area (Å²) >= 11 is 0. The molecule has 3 amide bonds. The molecule has 3 fully saturated rings. The molecule has 1 aliphatic carbocycles. The van der Waals surface area contributed by atoms with E-state index in [1.54, 1.807) is 12.0 Å². The number of fused-ring (bicyclic) bond motifs is 1. The van der Waals surface area contributed by atoms with Crippen molar-refractivity contribution in [2.45, 2.75) is 70.7 Å². The Bertz CT molecular complexity index is 1120. The van der Waals surface area contributed by atoms with Gasteiger partial charge in [-0.1, -0.05) is 44.9 Å². The van der Waals surface area contributed by atoms with Gasteiger partial charge in [0.2, 0.25) is 17.7 Å². The summed E-state index contributed by atoms with van der Waals surface area (Å²) in [5.74, 6) is -1.30. The number of methoxy groups -OCH3 is 1. The Morgan fingerprint density at radius 2 is 1.95 bits per heavy atom. The second-order valence-electron chi connectivity index (χ2n) is 11.4. The molecule has 2 bridgehead atoms. The zero-order chi connectivity index (χ0) is 26.5. The molecule has 0 aromatic heterocycles. The first-order chi connectivity index (χ1) is 17.7. The molecule has 37 heavy (non-hydrogen) atoms. The summed E-state index contributed by atoms with van der Waals surface area (Å²) in [5.41, 5.74) is 1.74. The van der Waals surface area contributed by atoms with Gasteiger partial charge in [0.1, 0.15) is 11.6 Å². The van der Waals surface area contributed by atoms with Crippen LogP contribution in [-0.2, 0) is 23.9 Å². The molecule has 200 valence electrons. The van der Waals surface area contributed by atoms with Crippen LogP contribution in [-0.4, -0.2) is 66.7 Å². The van der Waals surface area contributed by atoms with Crippen molar-refractivity contribution < 1.29 is 23.9 Å². The van der Waals surface area contributed by atoms with Crippen molar-refractivity contribution in [1.29, 1.82) is 0 Å². The van der Waals surface area contributed by atoms with Gasteiger partial charge in [-0.05, 0) is 55.4 Å². The third-order valence-corrected chi connectivity index (χ3v) is 9.27. The Morgan fingerprint density at radius 3 is 2.68 bits per heavy atom. The number of carbonyl (C=O) groups excluding carboxylic acids is 3. The molecule has 5 rings (SSSR count). The maximum Gasteiger partial charge on any atom is 0.246 e. The maximum atomic E-state index is 13.9. The first-order valence-electron chi connectivity index (χ1n) is 13.5. The fourth-order valence-electron chi connectivity index (χ4n) is 6.79. The van der Waals surface area contributed by atoms with Crippen LogP contribution in [0.5, 0.6) is 0 Å². The van der Waals surface area contributed by atoms with E-state index in [0.29, 0.717) is 24.1 Å². The molecule has 8 nitrogen and oxygen atoms in total. The number of benzene rings is 1. The van der Waals surface area contributed by atoms with Crippen molar-refractivity contribution in [3.63, 3.8) is 0 Å². The molecular weight excluding hydrogens is 470 g/mol. The van der Waals surface area contributed by atoms with E-state index in [1.807, 2.05) is 44.2 Å². The molecule has 8 heteroatoms. The lowest BCUT2D eigenvalue weighted by Crippen LogP contribution is -2.58. The Labute approximate surface area is 219 Å². The fourth-order valence-corrected chi connectivity index (χ4v) is 6.79. The second kappa shape index (κ2) is 9.87. The van der Waals surface area contributed by atoms with Gasteiger partial charge in [-0.15, -0.1) is 0 Å². The highest BCUT2D eigenvalue weighted by atomic mass is 16.5. The number of amides is 3. The first-order valence-corrected chi connectivity index (χ1v) is 13.5. The normalized spacial score (nSPS) is 36.1. The molecule has 2 saturated heterocycles. The smallest absolute Gasteiger partial charge is 0.246 e. The summed E-state index contributed by atoms with van der Waals surface area (Å²) in [6.07, 6.45) is 6.30. The third-order valence-electron chi connectivity index (χ3n) is 9.27. The summed E-state index contributed by atoms with van der Waals surface area (Å²) in [6.45, 7) is 8.98. The molecule has 1 aromatic carbocycles. The quantitative estimate of drug-likeness (QED) is 0.551. The number of ether oxygens (including phenoxy) is 2. The van der Waals surface area contributed by atoms with Crippen LogP contribution in [0.15, 0.2) is 30.4 Å². The molecule has 8 atom stereocenters. The summed E-state index contributed by atoms with van der Waals surface area (Å²) in [5, 5.41) is 6.26. The predicted molar refractivity (Wildman–Crippen MR) is 140 cm³/mol. The monoisotopic (exact) mass is 509 g/mol. The van der Waals surface area contributed by atoms with Crippen LogP contribution in [0.25, 0.3) is 0 Å². The number of anilines is 1. The average molecular weight is 510 g/mol. The Kier molecular flexibility index (Phi) is 6.92. The molecule has 3 heterocycles. The highest BCUT2D eigenvalue weighted by Gasteiger charge is 2.72. The zero-order valence-corrected chi connectivity index (χ0v) is 22.5. The van der Waals surface area contributed by atoms with E-state index in [4.69, 9.17) is 9.47 Å². The van der Waals surface area contributed by atoms with Gasteiger partial charge in [-0.2, -0.15) is 0 Å². The number of carbonyl (C=O) groups is 3. The van der Waals surface area contributed by atoms with E-state index in [9.17, 15) is 14.4 Å². The topological polar surface area (TPSA) is 97.0 Å². The van der Waals surface area contributed by atoms with Crippen LogP contribution >= 0.6 is 0 Å². The van der Waals surface area contributed by atoms with Gasteiger partial charge in [-0.25, -0.2) is 0 Å².